The second-order valence-corrected chi connectivity index (χ2v) is 14.8. The number of hydrogen-bond acceptors (Lipinski definition) is 4. The first-order valence-corrected chi connectivity index (χ1v) is 16.4. The van der Waals surface area contributed by atoms with Crippen molar-refractivity contribution in [2.75, 3.05) is 13.1 Å². The lowest BCUT2D eigenvalue weighted by Gasteiger charge is -2.35. The van der Waals surface area contributed by atoms with Crippen LogP contribution in [0, 0.1) is 0 Å². The maximum absolute atomic E-state index is 5.23. The van der Waals surface area contributed by atoms with Crippen LogP contribution in [0.3, 0.4) is 0 Å². The van der Waals surface area contributed by atoms with E-state index in [4.69, 9.17) is 9.97 Å². The van der Waals surface area contributed by atoms with E-state index in [9.17, 15) is 0 Å². The highest BCUT2D eigenvalue weighted by atomic mass is 15.3. The van der Waals surface area contributed by atoms with E-state index >= 15 is 0 Å². The Morgan fingerprint density at radius 2 is 1.05 bits per heavy atom. The van der Waals surface area contributed by atoms with Crippen LogP contribution in [-0.2, 0) is 37.0 Å². The summed E-state index contributed by atoms with van der Waals surface area (Å²) in [5.74, 6) is 2.44. The molecule has 4 heterocycles. The van der Waals surface area contributed by atoms with Gasteiger partial charge in [0.15, 0.2) is 0 Å². The molecular formula is C36H52N6. The van der Waals surface area contributed by atoms with E-state index in [2.05, 4.69) is 111 Å². The Balaban J connectivity index is 1.24. The van der Waals surface area contributed by atoms with Gasteiger partial charge in [-0.2, -0.15) is 0 Å². The summed E-state index contributed by atoms with van der Waals surface area (Å²) in [7, 11) is 0. The molecule has 6 rings (SSSR count). The summed E-state index contributed by atoms with van der Waals surface area (Å²) in [6, 6.07) is 15.0. The Kier molecular flexibility index (Phi) is 7.76. The number of imidazole rings is 2. The SMILES string of the molecule is CCn1c(CN2CCC[C@@H]2[C@H]2CCCN2Cc2nc3cc(C(C)(C)C)ccc3n2CC)nc2cc(C(C)(C)C)ccc21. The Morgan fingerprint density at radius 3 is 1.40 bits per heavy atom. The fraction of sp³-hybridized carbons (Fsp3) is 0.611. The van der Waals surface area contributed by atoms with E-state index in [-0.39, 0.29) is 10.8 Å². The topological polar surface area (TPSA) is 42.1 Å². The molecule has 2 aliphatic rings. The van der Waals surface area contributed by atoms with E-state index in [1.807, 2.05) is 0 Å². The highest BCUT2D eigenvalue weighted by molar-refractivity contribution is 5.78. The van der Waals surface area contributed by atoms with Crippen LogP contribution in [0.15, 0.2) is 36.4 Å². The largest absolute Gasteiger partial charge is 0.327 e. The predicted octanol–water partition coefficient (Wildman–Crippen LogP) is 7.65. The zero-order valence-electron chi connectivity index (χ0n) is 27.4. The maximum atomic E-state index is 5.23. The standard InChI is InChI=1S/C36H52N6/c1-9-41-29-17-15-25(35(3,4)5)21-27(29)37-33(41)23-39-19-11-13-31(39)32-14-12-20-40(32)24-34-38-28-22-26(36(6,7)8)16-18-30(28)42(34)10-2/h15-18,21-22,31-32H,9-14,19-20,23-24H2,1-8H3/t31-,32-/m1/s1. The average Bonchev–Trinajstić information content (AvgIpc) is 3.71. The minimum Gasteiger partial charge on any atom is -0.327 e. The van der Waals surface area contributed by atoms with E-state index in [0.29, 0.717) is 12.1 Å². The molecule has 226 valence electrons. The van der Waals surface area contributed by atoms with Crippen molar-refractivity contribution in [1.82, 2.24) is 28.9 Å². The molecule has 2 aromatic heterocycles. The summed E-state index contributed by atoms with van der Waals surface area (Å²) in [4.78, 5) is 16.0. The summed E-state index contributed by atoms with van der Waals surface area (Å²) in [5, 5.41) is 0. The molecule has 0 aliphatic carbocycles. The van der Waals surface area contributed by atoms with Crippen LogP contribution in [0.5, 0.6) is 0 Å². The molecule has 0 bridgehead atoms. The van der Waals surface area contributed by atoms with Gasteiger partial charge in [0, 0.05) is 25.2 Å². The smallest absolute Gasteiger partial charge is 0.124 e. The lowest BCUT2D eigenvalue weighted by atomic mass is 9.87. The maximum Gasteiger partial charge on any atom is 0.124 e. The zero-order chi connectivity index (χ0) is 29.8. The number of aromatic nitrogens is 4. The van der Waals surface area contributed by atoms with Gasteiger partial charge in [0.25, 0.3) is 0 Å². The van der Waals surface area contributed by atoms with Crippen molar-refractivity contribution in [1.29, 1.82) is 0 Å². The molecule has 0 saturated carbocycles. The number of hydrogen-bond donors (Lipinski definition) is 0. The van der Waals surface area contributed by atoms with Gasteiger partial charge >= 0.3 is 0 Å². The Bertz CT molecular complexity index is 1440. The average molecular weight is 569 g/mol. The molecule has 2 atom stereocenters. The first-order chi connectivity index (χ1) is 20.0. The van der Waals surface area contributed by atoms with Gasteiger partial charge in [-0.3, -0.25) is 9.80 Å². The van der Waals surface area contributed by atoms with Gasteiger partial charge in [0.05, 0.1) is 35.2 Å². The second kappa shape index (κ2) is 11.1. The van der Waals surface area contributed by atoms with Gasteiger partial charge < -0.3 is 9.13 Å². The van der Waals surface area contributed by atoms with Crippen LogP contribution in [-0.4, -0.2) is 54.1 Å². The van der Waals surface area contributed by atoms with Gasteiger partial charge in [-0.1, -0.05) is 53.7 Å². The molecule has 4 aromatic rings. The summed E-state index contributed by atoms with van der Waals surface area (Å²) in [5.41, 5.74) is 7.80. The van der Waals surface area contributed by atoms with Crippen LogP contribution in [0.2, 0.25) is 0 Å². The molecule has 2 aliphatic heterocycles. The van der Waals surface area contributed by atoms with Crippen molar-refractivity contribution in [2.45, 2.75) is 130 Å². The summed E-state index contributed by atoms with van der Waals surface area (Å²) in [6.45, 7) is 24.3. The van der Waals surface area contributed by atoms with Crippen molar-refractivity contribution >= 4 is 22.1 Å². The quantitative estimate of drug-likeness (QED) is 0.230. The van der Waals surface area contributed by atoms with Gasteiger partial charge in [-0.05, 0) is 98.8 Å². The molecule has 6 heteroatoms. The summed E-state index contributed by atoms with van der Waals surface area (Å²) < 4.78 is 4.89. The number of benzene rings is 2. The van der Waals surface area contributed by atoms with Crippen molar-refractivity contribution in [3.63, 3.8) is 0 Å². The predicted molar refractivity (Wildman–Crippen MR) is 175 cm³/mol. The molecule has 6 nitrogen and oxygen atoms in total. The van der Waals surface area contributed by atoms with E-state index in [0.717, 1.165) is 50.3 Å². The first-order valence-electron chi connectivity index (χ1n) is 16.4. The fourth-order valence-corrected chi connectivity index (χ4v) is 7.57. The highest BCUT2D eigenvalue weighted by Crippen LogP contribution is 2.34. The lowest BCUT2D eigenvalue weighted by molar-refractivity contribution is 0.119. The highest BCUT2D eigenvalue weighted by Gasteiger charge is 2.38. The summed E-state index contributed by atoms with van der Waals surface area (Å²) in [6.07, 6.45) is 5.11. The molecule has 0 spiro atoms. The monoisotopic (exact) mass is 568 g/mol. The third-order valence-corrected chi connectivity index (χ3v) is 9.98. The molecule has 42 heavy (non-hydrogen) atoms. The zero-order valence-corrected chi connectivity index (χ0v) is 27.4. The molecular weight excluding hydrogens is 516 g/mol. The molecule has 0 unspecified atom stereocenters. The lowest BCUT2D eigenvalue weighted by Crippen LogP contribution is -2.46. The number of rotatable bonds is 7. The second-order valence-electron chi connectivity index (χ2n) is 14.8. The number of aryl methyl sites for hydroxylation is 2. The normalized spacial score (nSPS) is 21.0. The van der Waals surface area contributed by atoms with Gasteiger partial charge in [-0.15, -0.1) is 0 Å². The van der Waals surface area contributed by atoms with Crippen molar-refractivity contribution < 1.29 is 0 Å². The minimum atomic E-state index is 0.129. The van der Waals surface area contributed by atoms with Gasteiger partial charge in [0.2, 0.25) is 0 Å². The molecule has 2 fully saturated rings. The Labute approximate surface area is 253 Å². The van der Waals surface area contributed by atoms with E-state index in [1.165, 1.54) is 59.5 Å². The Hall–Kier alpha value is -2.70. The third-order valence-electron chi connectivity index (χ3n) is 9.98. The van der Waals surface area contributed by atoms with Gasteiger partial charge in [0.1, 0.15) is 11.6 Å². The van der Waals surface area contributed by atoms with Crippen molar-refractivity contribution in [2.24, 2.45) is 0 Å². The van der Waals surface area contributed by atoms with Crippen LogP contribution < -0.4 is 0 Å². The van der Waals surface area contributed by atoms with E-state index in [1.54, 1.807) is 0 Å². The van der Waals surface area contributed by atoms with Gasteiger partial charge in [-0.25, -0.2) is 9.97 Å². The van der Waals surface area contributed by atoms with Crippen molar-refractivity contribution in [3.05, 3.63) is 59.2 Å². The molecule has 0 amide bonds. The number of fused-ring (bicyclic) bond motifs is 2. The Morgan fingerprint density at radius 1 is 0.643 bits per heavy atom. The number of likely N-dealkylation sites (tertiary alicyclic amines) is 2. The van der Waals surface area contributed by atoms with Crippen LogP contribution in [0.1, 0.15) is 104 Å². The number of nitrogens with zero attached hydrogens (tertiary/aromatic N) is 6. The minimum absolute atomic E-state index is 0.129. The molecule has 0 radical (unpaired) electrons. The summed E-state index contributed by atoms with van der Waals surface area (Å²) >= 11 is 0. The molecule has 2 saturated heterocycles. The fourth-order valence-electron chi connectivity index (χ4n) is 7.57. The van der Waals surface area contributed by atoms with E-state index < -0.39 is 0 Å². The van der Waals surface area contributed by atoms with Crippen LogP contribution in [0.25, 0.3) is 22.1 Å². The molecule has 2 aromatic carbocycles. The van der Waals surface area contributed by atoms with Crippen LogP contribution in [0.4, 0.5) is 0 Å². The third kappa shape index (κ3) is 5.41. The van der Waals surface area contributed by atoms with Crippen LogP contribution >= 0.6 is 0 Å². The molecule has 0 N–H and O–H groups in total. The first kappa shape index (κ1) is 29.4. The van der Waals surface area contributed by atoms with Crippen molar-refractivity contribution in [3.8, 4) is 0 Å².